The third-order valence-electron chi connectivity index (χ3n) is 3.71. The third-order valence-corrected chi connectivity index (χ3v) is 3.71. The molecule has 1 saturated heterocycles. The van der Waals surface area contributed by atoms with E-state index in [2.05, 4.69) is 4.98 Å². The molecule has 1 aromatic rings. The summed E-state index contributed by atoms with van der Waals surface area (Å²) in [5, 5.41) is 0. The Bertz CT molecular complexity index is 438. The molecule has 1 amide bonds. The minimum Gasteiger partial charge on any atom is -0.490 e. The highest BCUT2D eigenvalue weighted by molar-refractivity contribution is 5.85. The number of ether oxygens (including phenoxy) is 1. The second-order valence-corrected chi connectivity index (χ2v) is 5.60. The number of pyridine rings is 1. The molecule has 1 aliphatic rings. The van der Waals surface area contributed by atoms with Crippen LogP contribution in [0.4, 0.5) is 0 Å². The molecule has 0 spiro atoms. The lowest BCUT2D eigenvalue weighted by Gasteiger charge is -2.34. The molecule has 1 aliphatic heterocycles. The summed E-state index contributed by atoms with van der Waals surface area (Å²) in [6.45, 7) is 5.38. The summed E-state index contributed by atoms with van der Waals surface area (Å²) in [4.78, 5) is 18.0. The molecule has 0 saturated carbocycles. The molecular formula is C15H25Cl2N3O2. The average Bonchev–Trinajstić information content (AvgIpc) is 2.47. The van der Waals surface area contributed by atoms with Gasteiger partial charge in [-0.05, 0) is 18.1 Å². The molecule has 2 rings (SSSR count). The van der Waals surface area contributed by atoms with E-state index in [0.29, 0.717) is 0 Å². The number of aromatic nitrogens is 1. The van der Waals surface area contributed by atoms with Crippen molar-refractivity contribution in [2.45, 2.75) is 38.8 Å². The topological polar surface area (TPSA) is 68.5 Å². The number of hydrogen-bond donors (Lipinski definition) is 1. The molecule has 2 N–H and O–H groups in total. The highest BCUT2D eigenvalue weighted by atomic mass is 35.5. The number of likely N-dealkylation sites (tertiary alicyclic amines) is 1. The predicted molar refractivity (Wildman–Crippen MR) is 91.8 cm³/mol. The average molecular weight is 350 g/mol. The standard InChI is InChI=1S/C15H23N3O2.2ClH/c1-11(2)14(16)15(19)18-9-5-13(6-10-18)20-12-3-7-17-8-4-12;;/h3-4,7-8,11,13-14H,5-6,9-10,16H2,1-2H3;2*1H/t14-;;/m0../s1. The summed E-state index contributed by atoms with van der Waals surface area (Å²) in [5.74, 6) is 1.07. The van der Waals surface area contributed by atoms with Crippen molar-refractivity contribution in [3.63, 3.8) is 0 Å². The van der Waals surface area contributed by atoms with E-state index in [9.17, 15) is 4.79 Å². The Hall–Kier alpha value is -1.04. The van der Waals surface area contributed by atoms with Gasteiger partial charge in [-0.2, -0.15) is 0 Å². The van der Waals surface area contributed by atoms with Gasteiger partial charge in [0.2, 0.25) is 5.91 Å². The molecule has 0 radical (unpaired) electrons. The maximum absolute atomic E-state index is 12.2. The molecule has 2 heterocycles. The van der Waals surface area contributed by atoms with Crippen LogP contribution in [0, 0.1) is 5.92 Å². The highest BCUT2D eigenvalue weighted by Gasteiger charge is 2.28. The number of carbonyl (C=O) groups excluding carboxylic acids is 1. The van der Waals surface area contributed by atoms with Gasteiger partial charge >= 0.3 is 0 Å². The van der Waals surface area contributed by atoms with E-state index in [1.165, 1.54) is 0 Å². The van der Waals surface area contributed by atoms with Crippen molar-refractivity contribution in [2.24, 2.45) is 11.7 Å². The lowest BCUT2D eigenvalue weighted by atomic mass is 10.0. The van der Waals surface area contributed by atoms with Crippen LogP contribution in [0.5, 0.6) is 5.75 Å². The Kier molecular flexibility index (Phi) is 9.41. The fourth-order valence-corrected chi connectivity index (χ4v) is 2.30. The summed E-state index contributed by atoms with van der Waals surface area (Å²) >= 11 is 0. The van der Waals surface area contributed by atoms with Crippen LogP contribution in [0.3, 0.4) is 0 Å². The zero-order chi connectivity index (χ0) is 14.5. The van der Waals surface area contributed by atoms with Gasteiger partial charge in [-0.25, -0.2) is 0 Å². The maximum atomic E-state index is 12.2. The molecule has 7 heteroatoms. The molecular weight excluding hydrogens is 325 g/mol. The van der Waals surface area contributed by atoms with Gasteiger partial charge in [0.05, 0.1) is 6.04 Å². The first-order valence-corrected chi connectivity index (χ1v) is 7.19. The third kappa shape index (κ3) is 5.63. The van der Waals surface area contributed by atoms with E-state index < -0.39 is 6.04 Å². The Balaban J connectivity index is 0.00000220. The van der Waals surface area contributed by atoms with Crippen molar-refractivity contribution >= 4 is 30.7 Å². The zero-order valence-electron chi connectivity index (χ0n) is 13.0. The van der Waals surface area contributed by atoms with Gasteiger partial charge in [0.25, 0.3) is 0 Å². The first kappa shape index (κ1) is 21.0. The minimum atomic E-state index is -0.396. The van der Waals surface area contributed by atoms with Crippen LogP contribution in [0.1, 0.15) is 26.7 Å². The number of nitrogens with zero attached hydrogens (tertiary/aromatic N) is 2. The Morgan fingerprint density at radius 2 is 1.82 bits per heavy atom. The summed E-state index contributed by atoms with van der Waals surface area (Å²) in [5.41, 5.74) is 5.92. The van der Waals surface area contributed by atoms with Crippen LogP contribution in [0.2, 0.25) is 0 Å². The Morgan fingerprint density at radius 3 is 2.32 bits per heavy atom. The van der Waals surface area contributed by atoms with E-state index in [-0.39, 0.29) is 42.7 Å². The second kappa shape index (κ2) is 9.87. The largest absolute Gasteiger partial charge is 0.490 e. The van der Waals surface area contributed by atoms with Gasteiger partial charge in [-0.3, -0.25) is 9.78 Å². The van der Waals surface area contributed by atoms with E-state index in [1.54, 1.807) is 12.4 Å². The van der Waals surface area contributed by atoms with Gasteiger partial charge in [0.15, 0.2) is 0 Å². The Morgan fingerprint density at radius 1 is 1.27 bits per heavy atom. The normalized spacial score (nSPS) is 16.5. The summed E-state index contributed by atoms with van der Waals surface area (Å²) in [7, 11) is 0. The number of hydrogen-bond acceptors (Lipinski definition) is 4. The lowest BCUT2D eigenvalue weighted by Crippen LogP contribution is -2.50. The molecule has 5 nitrogen and oxygen atoms in total. The fourth-order valence-electron chi connectivity index (χ4n) is 2.30. The van der Waals surface area contributed by atoms with Crippen LogP contribution in [0.15, 0.2) is 24.5 Å². The first-order chi connectivity index (χ1) is 9.58. The number of amides is 1. The fraction of sp³-hybridized carbons (Fsp3) is 0.600. The van der Waals surface area contributed by atoms with Crippen molar-refractivity contribution in [2.75, 3.05) is 13.1 Å². The summed E-state index contributed by atoms with van der Waals surface area (Å²) < 4.78 is 5.88. The summed E-state index contributed by atoms with van der Waals surface area (Å²) in [6, 6.07) is 3.31. The lowest BCUT2D eigenvalue weighted by molar-refractivity contribution is -0.135. The molecule has 0 aliphatic carbocycles. The highest BCUT2D eigenvalue weighted by Crippen LogP contribution is 2.19. The van der Waals surface area contributed by atoms with Crippen LogP contribution in [0.25, 0.3) is 0 Å². The molecule has 22 heavy (non-hydrogen) atoms. The SMILES string of the molecule is CC(C)[C@H](N)C(=O)N1CCC(Oc2ccncc2)CC1.Cl.Cl. The quantitative estimate of drug-likeness (QED) is 0.905. The number of nitrogens with two attached hydrogens (primary N) is 1. The van der Waals surface area contributed by atoms with Gasteiger partial charge < -0.3 is 15.4 Å². The number of halogens is 2. The molecule has 0 bridgehead atoms. The van der Waals surface area contributed by atoms with E-state index >= 15 is 0 Å². The molecule has 126 valence electrons. The number of rotatable bonds is 4. The Labute approximate surface area is 144 Å². The van der Waals surface area contributed by atoms with Gasteiger partial charge in [-0.1, -0.05) is 13.8 Å². The zero-order valence-corrected chi connectivity index (χ0v) is 14.6. The number of carbonyl (C=O) groups is 1. The van der Waals surface area contributed by atoms with Crippen molar-refractivity contribution in [3.8, 4) is 5.75 Å². The van der Waals surface area contributed by atoms with Crippen molar-refractivity contribution in [3.05, 3.63) is 24.5 Å². The minimum absolute atomic E-state index is 0. The van der Waals surface area contributed by atoms with Gasteiger partial charge in [0, 0.05) is 38.3 Å². The van der Waals surface area contributed by atoms with Crippen molar-refractivity contribution < 1.29 is 9.53 Å². The predicted octanol–water partition coefficient (Wildman–Crippen LogP) is 2.28. The first-order valence-electron chi connectivity index (χ1n) is 7.19. The van der Waals surface area contributed by atoms with E-state index in [4.69, 9.17) is 10.5 Å². The maximum Gasteiger partial charge on any atom is 0.239 e. The van der Waals surface area contributed by atoms with Crippen molar-refractivity contribution in [1.82, 2.24) is 9.88 Å². The molecule has 1 atom stereocenters. The van der Waals surface area contributed by atoms with Crippen LogP contribution in [-0.2, 0) is 4.79 Å². The van der Waals surface area contributed by atoms with Crippen LogP contribution >= 0.6 is 24.8 Å². The second-order valence-electron chi connectivity index (χ2n) is 5.60. The van der Waals surface area contributed by atoms with Gasteiger partial charge in [-0.15, -0.1) is 24.8 Å². The monoisotopic (exact) mass is 349 g/mol. The van der Waals surface area contributed by atoms with Crippen molar-refractivity contribution in [1.29, 1.82) is 0 Å². The van der Waals surface area contributed by atoms with Gasteiger partial charge in [0.1, 0.15) is 11.9 Å². The molecule has 1 fully saturated rings. The summed E-state index contributed by atoms with van der Waals surface area (Å²) in [6.07, 6.45) is 5.29. The smallest absolute Gasteiger partial charge is 0.239 e. The van der Waals surface area contributed by atoms with Crippen LogP contribution < -0.4 is 10.5 Å². The van der Waals surface area contributed by atoms with Crippen LogP contribution in [-0.4, -0.2) is 41.0 Å². The van der Waals surface area contributed by atoms with E-state index in [1.807, 2.05) is 30.9 Å². The molecule has 1 aromatic heterocycles. The van der Waals surface area contributed by atoms with E-state index in [0.717, 1.165) is 31.7 Å². The molecule has 0 unspecified atom stereocenters. The number of piperidine rings is 1. The molecule has 0 aromatic carbocycles.